The molecule has 0 fully saturated rings. The maximum atomic E-state index is 4.35. The van der Waals surface area contributed by atoms with Crippen LogP contribution in [0.5, 0.6) is 0 Å². The van der Waals surface area contributed by atoms with Gasteiger partial charge in [0.25, 0.3) is 0 Å². The Morgan fingerprint density at radius 2 is 1.73 bits per heavy atom. The summed E-state index contributed by atoms with van der Waals surface area (Å²) < 4.78 is 2.12. The van der Waals surface area contributed by atoms with Crippen molar-refractivity contribution in [3.8, 4) is 0 Å². The average Bonchev–Trinajstić information content (AvgIpc) is 3.08. The lowest BCUT2D eigenvalue weighted by Gasteiger charge is -2.34. The fourth-order valence-corrected chi connectivity index (χ4v) is 3.57. The molecule has 0 aliphatic rings. The molecular weight excluding hydrogens is 292 g/mol. The summed E-state index contributed by atoms with van der Waals surface area (Å²) in [6.07, 6.45) is 9.20. The zero-order chi connectivity index (χ0) is 15.4. The lowest BCUT2D eigenvalue weighted by Crippen LogP contribution is -2.28. The largest absolute Gasteiger partial charge is 0.324 e. The summed E-state index contributed by atoms with van der Waals surface area (Å²) in [4.78, 5) is 12.9. The topological polar surface area (TPSA) is 43.6 Å². The zero-order valence-corrected chi connectivity index (χ0v) is 13.4. The van der Waals surface area contributed by atoms with Gasteiger partial charge in [0.2, 0.25) is 0 Å². The van der Waals surface area contributed by atoms with Crippen molar-refractivity contribution in [1.29, 1.82) is 0 Å². The number of hydrogen-bond acceptors (Lipinski definition) is 4. The molecule has 0 spiro atoms. The number of aromatic nitrogens is 4. The van der Waals surface area contributed by atoms with E-state index in [1.54, 1.807) is 30.4 Å². The summed E-state index contributed by atoms with van der Waals surface area (Å²) >= 11 is 1.65. The van der Waals surface area contributed by atoms with Gasteiger partial charge in [0, 0.05) is 30.2 Å². The highest BCUT2D eigenvalue weighted by Gasteiger charge is 2.34. The van der Waals surface area contributed by atoms with Crippen LogP contribution in [-0.2, 0) is 5.41 Å². The second-order valence-corrected chi connectivity index (χ2v) is 6.65. The van der Waals surface area contributed by atoms with Crippen LogP contribution in [0.2, 0.25) is 0 Å². The van der Waals surface area contributed by atoms with E-state index >= 15 is 0 Å². The molecule has 1 atom stereocenters. The Balaban J connectivity index is 1.99. The molecule has 2 aromatic heterocycles. The van der Waals surface area contributed by atoms with E-state index in [0.717, 1.165) is 5.16 Å². The Hall–Kier alpha value is -2.14. The standard InChI is InChI=1S/C17H18N4S/c1-17(2,14-7-4-3-5-8-14)15(21-12-11-18-13-21)22-16-19-9-6-10-20-16/h3-13,15H,1-2H3. The summed E-state index contributed by atoms with van der Waals surface area (Å²) in [6, 6.07) is 12.3. The molecule has 0 saturated carbocycles. The quantitative estimate of drug-likeness (QED) is 0.529. The van der Waals surface area contributed by atoms with Crippen molar-refractivity contribution in [3.05, 3.63) is 73.1 Å². The third-order valence-electron chi connectivity index (χ3n) is 3.69. The highest BCUT2D eigenvalue weighted by molar-refractivity contribution is 7.99. The van der Waals surface area contributed by atoms with E-state index in [0.29, 0.717) is 0 Å². The predicted octanol–water partition coefficient (Wildman–Crippen LogP) is 3.94. The molecule has 0 radical (unpaired) electrons. The first-order chi connectivity index (χ1) is 10.7. The lowest BCUT2D eigenvalue weighted by molar-refractivity contribution is 0.420. The minimum Gasteiger partial charge on any atom is -0.324 e. The van der Waals surface area contributed by atoms with Crippen LogP contribution < -0.4 is 0 Å². The Morgan fingerprint density at radius 3 is 2.36 bits per heavy atom. The molecule has 2 heterocycles. The molecule has 3 rings (SSSR count). The molecule has 0 saturated heterocycles. The Labute approximate surface area is 134 Å². The van der Waals surface area contributed by atoms with Crippen LogP contribution in [0.1, 0.15) is 24.8 Å². The monoisotopic (exact) mass is 310 g/mol. The number of thioether (sulfide) groups is 1. The number of benzene rings is 1. The maximum Gasteiger partial charge on any atom is 0.189 e. The van der Waals surface area contributed by atoms with E-state index < -0.39 is 0 Å². The van der Waals surface area contributed by atoms with E-state index in [9.17, 15) is 0 Å². The van der Waals surface area contributed by atoms with Crippen molar-refractivity contribution < 1.29 is 0 Å². The third-order valence-corrected chi connectivity index (χ3v) is 5.17. The summed E-state index contributed by atoms with van der Waals surface area (Å²) in [5, 5.41) is 0.880. The van der Waals surface area contributed by atoms with Crippen LogP contribution in [0, 0.1) is 0 Å². The molecule has 112 valence electrons. The number of nitrogens with zero attached hydrogens (tertiary/aromatic N) is 4. The third kappa shape index (κ3) is 3.04. The van der Waals surface area contributed by atoms with Crippen LogP contribution in [0.4, 0.5) is 0 Å². The zero-order valence-electron chi connectivity index (χ0n) is 12.6. The first-order valence-electron chi connectivity index (χ1n) is 7.14. The SMILES string of the molecule is CC(C)(c1ccccc1)C(Sc1ncccn1)n1ccnc1. The van der Waals surface area contributed by atoms with Gasteiger partial charge in [0.1, 0.15) is 0 Å². The molecule has 1 aromatic carbocycles. The van der Waals surface area contributed by atoms with Gasteiger partial charge >= 0.3 is 0 Å². The van der Waals surface area contributed by atoms with E-state index in [1.807, 2.05) is 24.7 Å². The highest BCUT2D eigenvalue weighted by Crippen LogP contribution is 2.44. The summed E-state index contributed by atoms with van der Waals surface area (Å²) in [7, 11) is 0. The van der Waals surface area contributed by atoms with Gasteiger partial charge in [-0.3, -0.25) is 0 Å². The summed E-state index contributed by atoms with van der Waals surface area (Å²) in [5.74, 6) is 0. The van der Waals surface area contributed by atoms with Crippen LogP contribution in [0.3, 0.4) is 0 Å². The molecule has 0 amide bonds. The first kappa shape index (κ1) is 14.8. The molecule has 1 unspecified atom stereocenters. The summed E-state index contributed by atoms with van der Waals surface area (Å²) in [6.45, 7) is 4.48. The van der Waals surface area contributed by atoms with Crippen molar-refractivity contribution in [2.75, 3.05) is 0 Å². The highest BCUT2D eigenvalue weighted by atomic mass is 32.2. The molecule has 5 heteroatoms. The van der Waals surface area contributed by atoms with Gasteiger partial charge in [-0.25, -0.2) is 15.0 Å². The minimum absolute atomic E-state index is 0.105. The van der Waals surface area contributed by atoms with Gasteiger partial charge in [-0.15, -0.1) is 0 Å². The van der Waals surface area contributed by atoms with E-state index in [1.165, 1.54) is 5.56 Å². The van der Waals surface area contributed by atoms with Crippen molar-refractivity contribution >= 4 is 11.8 Å². The smallest absolute Gasteiger partial charge is 0.189 e. The summed E-state index contributed by atoms with van der Waals surface area (Å²) in [5.41, 5.74) is 1.17. The van der Waals surface area contributed by atoms with E-state index in [2.05, 4.69) is 57.6 Å². The fourth-order valence-electron chi connectivity index (χ4n) is 2.45. The average molecular weight is 310 g/mol. The maximum absolute atomic E-state index is 4.35. The molecule has 3 aromatic rings. The first-order valence-corrected chi connectivity index (χ1v) is 8.02. The Morgan fingerprint density at radius 1 is 1.00 bits per heavy atom. The van der Waals surface area contributed by atoms with Crippen molar-refractivity contribution in [1.82, 2.24) is 19.5 Å². The van der Waals surface area contributed by atoms with Gasteiger partial charge in [0.05, 0.1) is 11.7 Å². The van der Waals surface area contributed by atoms with Crippen LogP contribution in [0.25, 0.3) is 0 Å². The van der Waals surface area contributed by atoms with Crippen molar-refractivity contribution in [3.63, 3.8) is 0 Å². The molecule has 0 bridgehead atoms. The Bertz CT molecular complexity index is 696. The van der Waals surface area contributed by atoms with Gasteiger partial charge in [-0.05, 0) is 11.6 Å². The number of imidazole rings is 1. The molecular formula is C17H18N4S. The molecule has 22 heavy (non-hydrogen) atoms. The molecule has 0 aliphatic carbocycles. The van der Waals surface area contributed by atoms with Crippen molar-refractivity contribution in [2.45, 2.75) is 29.8 Å². The van der Waals surface area contributed by atoms with E-state index in [-0.39, 0.29) is 10.8 Å². The predicted molar refractivity (Wildman–Crippen MR) is 88.6 cm³/mol. The molecule has 0 aliphatic heterocycles. The van der Waals surface area contributed by atoms with Crippen LogP contribution in [0.15, 0.2) is 72.7 Å². The second kappa shape index (κ2) is 6.32. The van der Waals surface area contributed by atoms with Crippen molar-refractivity contribution in [2.24, 2.45) is 0 Å². The second-order valence-electron chi connectivity index (χ2n) is 5.60. The lowest BCUT2D eigenvalue weighted by atomic mass is 9.84. The molecule has 4 nitrogen and oxygen atoms in total. The number of rotatable bonds is 5. The van der Waals surface area contributed by atoms with Gasteiger partial charge < -0.3 is 4.57 Å². The minimum atomic E-state index is -0.105. The normalized spacial score (nSPS) is 13.0. The fraction of sp³-hybridized carbons (Fsp3) is 0.235. The van der Waals surface area contributed by atoms with E-state index in [4.69, 9.17) is 0 Å². The van der Waals surface area contributed by atoms with Gasteiger partial charge in [-0.2, -0.15) is 0 Å². The van der Waals surface area contributed by atoms with Gasteiger partial charge in [0.15, 0.2) is 5.16 Å². The Kier molecular flexibility index (Phi) is 4.24. The van der Waals surface area contributed by atoms with Gasteiger partial charge in [-0.1, -0.05) is 55.9 Å². The van der Waals surface area contributed by atoms with Crippen LogP contribution in [-0.4, -0.2) is 19.5 Å². The molecule has 0 N–H and O–H groups in total. The van der Waals surface area contributed by atoms with Crippen LogP contribution >= 0.6 is 11.8 Å². The number of hydrogen-bond donors (Lipinski definition) is 0.